The predicted molar refractivity (Wildman–Crippen MR) is 77.3 cm³/mol. The van der Waals surface area contributed by atoms with Crippen molar-refractivity contribution in [2.24, 2.45) is 5.92 Å². The first kappa shape index (κ1) is 16.3. The van der Waals surface area contributed by atoms with Crippen LogP contribution in [0.1, 0.15) is 40.5 Å². The fourth-order valence-corrected chi connectivity index (χ4v) is 1.54. The Hall–Kier alpha value is -1.72. The van der Waals surface area contributed by atoms with Crippen molar-refractivity contribution >= 4 is 12.1 Å². The third-order valence-corrected chi connectivity index (χ3v) is 2.73. The highest BCUT2D eigenvalue weighted by atomic mass is 16.6. The van der Waals surface area contributed by atoms with Gasteiger partial charge in [-0.2, -0.15) is 0 Å². The summed E-state index contributed by atoms with van der Waals surface area (Å²) in [7, 11) is 0. The maximum Gasteiger partial charge on any atom is 0.407 e. The van der Waals surface area contributed by atoms with Crippen molar-refractivity contribution in [3.05, 3.63) is 11.8 Å². The normalized spacial score (nSPS) is 15.5. The maximum absolute atomic E-state index is 11.5. The van der Waals surface area contributed by atoms with E-state index >= 15 is 0 Å². The molecule has 3 amide bonds. The number of urea groups is 1. The van der Waals surface area contributed by atoms with Gasteiger partial charge in [0, 0.05) is 19.3 Å². The lowest BCUT2D eigenvalue weighted by molar-refractivity contribution is 0.0528. The Kier molecular flexibility index (Phi) is 5.85. The van der Waals surface area contributed by atoms with Crippen molar-refractivity contribution in [2.75, 3.05) is 13.1 Å². The molecule has 114 valence electrons. The smallest absolute Gasteiger partial charge is 0.407 e. The molecule has 3 N–H and O–H groups in total. The molecule has 6 heteroatoms. The average Bonchev–Trinajstić information content (AvgIpc) is 3.13. The highest BCUT2D eigenvalue weighted by Gasteiger charge is 2.22. The lowest BCUT2D eigenvalue weighted by Crippen LogP contribution is -2.40. The van der Waals surface area contributed by atoms with Crippen molar-refractivity contribution in [2.45, 2.75) is 46.1 Å². The van der Waals surface area contributed by atoms with Gasteiger partial charge in [0.25, 0.3) is 0 Å². The number of alkyl carbamates (subject to hydrolysis) is 1. The minimum absolute atomic E-state index is 0.268. The Bertz CT molecular complexity index is 382. The third-order valence-electron chi connectivity index (χ3n) is 2.73. The minimum Gasteiger partial charge on any atom is -0.444 e. The Balaban J connectivity index is 2.07. The van der Waals surface area contributed by atoms with Crippen LogP contribution in [-0.2, 0) is 4.74 Å². The zero-order valence-electron chi connectivity index (χ0n) is 12.7. The zero-order chi connectivity index (χ0) is 15.2. The number of ether oxygens (including phenoxy) is 1. The van der Waals surface area contributed by atoms with Gasteiger partial charge >= 0.3 is 12.1 Å². The largest absolute Gasteiger partial charge is 0.444 e. The summed E-state index contributed by atoms with van der Waals surface area (Å²) in [5, 5.41) is 7.89. The van der Waals surface area contributed by atoms with Crippen LogP contribution in [0.5, 0.6) is 0 Å². The van der Waals surface area contributed by atoms with Gasteiger partial charge in [-0.3, -0.25) is 0 Å². The van der Waals surface area contributed by atoms with Crippen molar-refractivity contribution in [1.29, 1.82) is 0 Å². The van der Waals surface area contributed by atoms with Crippen LogP contribution in [0.15, 0.2) is 11.8 Å². The van der Waals surface area contributed by atoms with E-state index in [-0.39, 0.29) is 6.03 Å². The quantitative estimate of drug-likeness (QED) is 0.676. The summed E-state index contributed by atoms with van der Waals surface area (Å²) in [4.78, 5) is 22.8. The number of hydrogen-bond donors (Lipinski definition) is 3. The van der Waals surface area contributed by atoms with Gasteiger partial charge in [0.05, 0.1) is 0 Å². The molecule has 20 heavy (non-hydrogen) atoms. The maximum atomic E-state index is 11.5. The Morgan fingerprint density at radius 2 is 1.80 bits per heavy atom. The number of carbonyl (C=O) groups is 2. The summed E-state index contributed by atoms with van der Waals surface area (Å²) in [6.07, 6.45) is 3.69. The molecule has 0 aromatic heterocycles. The molecule has 0 aromatic carbocycles. The second kappa shape index (κ2) is 7.17. The highest BCUT2D eigenvalue weighted by Crippen LogP contribution is 2.35. The summed E-state index contributed by atoms with van der Waals surface area (Å²) < 4.78 is 5.07. The van der Waals surface area contributed by atoms with Crippen molar-refractivity contribution < 1.29 is 14.3 Å². The molecule has 0 radical (unpaired) electrons. The van der Waals surface area contributed by atoms with Gasteiger partial charge in [-0.15, -0.1) is 0 Å². The third kappa shape index (κ3) is 7.66. The summed E-state index contributed by atoms with van der Waals surface area (Å²) in [5.74, 6) is 0.643. The van der Waals surface area contributed by atoms with Crippen LogP contribution in [0.25, 0.3) is 0 Å². The first-order valence-electron chi connectivity index (χ1n) is 6.96. The van der Waals surface area contributed by atoms with E-state index in [1.54, 1.807) is 27.0 Å². The monoisotopic (exact) mass is 283 g/mol. The molecule has 0 aromatic rings. The van der Waals surface area contributed by atoms with Crippen LogP contribution in [-0.4, -0.2) is 30.8 Å². The Morgan fingerprint density at radius 1 is 1.20 bits per heavy atom. The standard InChI is InChI=1S/C14H25N3O3/c1-10(11-5-6-11)9-17-12(18)15-7-8-16-13(19)20-14(2,3)4/h9,11H,5-8H2,1-4H3,(H,16,19)(H2,15,17,18)/b10-9+. The van der Waals surface area contributed by atoms with Crippen LogP contribution in [0.3, 0.4) is 0 Å². The SMILES string of the molecule is C/C(=C\NC(=O)NCCNC(=O)OC(C)(C)C)C1CC1. The number of carbonyl (C=O) groups excluding carboxylic acids is 2. The van der Waals surface area contributed by atoms with E-state index < -0.39 is 11.7 Å². The molecule has 0 unspecified atom stereocenters. The van der Waals surface area contributed by atoms with Crippen LogP contribution >= 0.6 is 0 Å². The van der Waals surface area contributed by atoms with Crippen LogP contribution in [0.4, 0.5) is 9.59 Å². The molecule has 1 fully saturated rings. The van der Waals surface area contributed by atoms with Gasteiger partial charge < -0.3 is 20.7 Å². The molecular weight excluding hydrogens is 258 g/mol. The Morgan fingerprint density at radius 3 is 2.35 bits per heavy atom. The molecule has 0 atom stereocenters. The molecule has 1 aliphatic carbocycles. The van der Waals surface area contributed by atoms with E-state index in [4.69, 9.17) is 4.74 Å². The van der Waals surface area contributed by atoms with Gasteiger partial charge in [0.15, 0.2) is 0 Å². The van der Waals surface area contributed by atoms with Crippen LogP contribution < -0.4 is 16.0 Å². The van der Waals surface area contributed by atoms with Crippen molar-refractivity contribution in [1.82, 2.24) is 16.0 Å². The summed E-state index contributed by atoms with van der Waals surface area (Å²) in [5.41, 5.74) is 0.687. The first-order chi connectivity index (χ1) is 9.28. The highest BCUT2D eigenvalue weighted by molar-refractivity contribution is 5.75. The predicted octanol–water partition coefficient (Wildman–Crippen LogP) is 2.12. The molecule has 0 heterocycles. The van der Waals surface area contributed by atoms with Crippen molar-refractivity contribution in [3.63, 3.8) is 0 Å². The molecule has 6 nitrogen and oxygen atoms in total. The molecule has 0 spiro atoms. The van der Waals surface area contributed by atoms with Crippen LogP contribution in [0, 0.1) is 5.92 Å². The van der Waals surface area contributed by atoms with E-state index in [1.807, 2.05) is 6.92 Å². The number of amides is 3. The van der Waals surface area contributed by atoms with Gasteiger partial charge in [0.2, 0.25) is 0 Å². The first-order valence-corrected chi connectivity index (χ1v) is 6.96. The summed E-state index contributed by atoms with van der Waals surface area (Å²) >= 11 is 0. The van der Waals surface area contributed by atoms with Gasteiger partial charge in [0.1, 0.15) is 5.60 Å². The Labute approximate surface area is 120 Å². The second-order valence-electron chi connectivity index (χ2n) is 5.99. The van der Waals surface area contributed by atoms with Gasteiger partial charge in [-0.25, -0.2) is 9.59 Å². The van der Waals surface area contributed by atoms with E-state index in [2.05, 4.69) is 16.0 Å². The molecular formula is C14H25N3O3. The van der Waals surface area contributed by atoms with E-state index in [1.165, 1.54) is 18.4 Å². The second-order valence-corrected chi connectivity index (χ2v) is 5.99. The van der Waals surface area contributed by atoms with E-state index in [0.29, 0.717) is 19.0 Å². The number of rotatable bonds is 5. The van der Waals surface area contributed by atoms with Gasteiger partial charge in [-0.1, -0.05) is 5.57 Å². The number of nitrogens with one attached hydrogen (secondary N) is 3. The van der Waals surface area contributed by atoms with Gasteiger partial charge in [-0.05, 0) is 46.5 Å². The lowest BCUT2D eigenvalue weighted by Gasteiger charge is -2.19. The van der Waals surface area contributed by atoms with Crippen LogP contribution in [0.2, 0.25) is 0 Å². The molecule has 1 saturated carbocycles. The molecule has 0 saturated heterocycles. The fraction of sp³-hybridized carbons (Fsp3) is 0.714. The molecule has 1 rings (SSSR count). The molecule has 1 aliphatic rings. The topological polar surface area (TPSA) is 79.5 Å². The lowest BCUT2D eigenvalue weighted by atomic mass is 10.2. The van der Waals surface area contributed by atoms with E-state index in [0.717, 1.165) is 0 Å². The average molecular weight is 283 g/mol. The summed E-state index contributed by atoms with van der Waals surface area (Å²) in [6.45, 7) is 8.09. The van der Waals surface area contributed by atoms with Crippen molar-refractivity contribution in [3.8, 4) is 0 Å². The number of hydrogen-bond acceptors (Lipinski definition) is 3. The minimum atomic E-state index is -0.514. The summed E-state index contributed by atoms with van der Waals surface area (Å²) in [6, 6.07) is -0.268. The molecule has 0 aliphatic heterocycles. The van der Waals surface area contributed by atoms with E-state index in [9.17, 15) is 9.59 Å². The zero-order valence-corrected chi connectivity index (χ0v) is 12.7. The molecule has 0 bridgehead atoms. The number of allylic oxidation sites excluding steroid dienone is 1. The fourth-order valence-electron chi connectivity index (χ4n) is 1.54.